The van der Waals surface area contributed by atoms with Crippen LogP contribution in [-0.2, 0) is 4.79 Å². The zero-order valence-electron chi connectivity index (χ0n) is 18.7. The second kappa shape index (κ2) is 9.61. The zero-order valence-corrected chi connectivity index (χ0v) is 19.5. The van der Waals surface area contributed by atoms with Crippen LogP contribution in [0.1, 0.15) is 12.5 Å². The third-order valence-corrected chi connectivity index (χ3v) is 6.61. The Balaban J connectivity index is 1.36. The van der Waals surface area contributed by atoms with Gasteiger partial charge in [0.05, 0.1) is 18.1 Å². The third-order valence-electron chi connectivity index (χ3n) is 5.70. The summed E-state index contributed by atoms with van der Waals surface area (Å²) in [4.78, 5) is 27.4. The van der Waals surface area contributed by atoms with Crippen molar-refractivity contribution in [2.75, 3.05) is 19.8 Å². The maximum atomic E-state index is 13.1. The molecule has 0 spiro atoms. The summed E-state index contributed by atoms with van der Waals surface area (Å²) in [7, 11) is 0. The molecule has 2 amide bonds. The molecule has 34 heavy (non-hydrogen) atoms. The number of amides is 2. The number of carbonyl (C=O) groups is 2. The van der Waals surface area contributed by atoms with Gasteiger partial charge in [0.15, 0.2) is 0 Å². The highest BCUT2D eigenvalue weighted by atomic mass is 32.2. The van der Waals surface area contributed by atoms with Gasteiger partial charge in [-0.2, -0.15) is 0 Å². The summed E-state index contributed by atoms with van der Waals surface area (Å²) < 4.78 is 11.8. The number of fused-ring (bicyclic) bond motifs is 2. The standard InChI is InChI=1S/C28H23NO4S/c1-2-32-25-15-14-20-9-3-5-11-21(20)23(25)18-26-27(30)29(28(31)34-26)16-17-33-24-13-7-10-19-8-4-6-12-22(19)24/h3-15,18H,2,16-17H2,1H3/b26-18-. The molecule has 1 aliphatic heterocycles. The fraction of sp³-hybridized carbons (Fsp3) is 0.143. The smallest absolute Gasteiger partial charge is 0.293 e. The first-order valence-corrected chi connectivity index (χ1v) is 12.0. The molecule has 5 nitrogen and oxygen atoms in total. The van der Waals surface area contributed by atoms with Gasteiger partial charge in [0.2, 0.25) is 0 Å². The van der Waals surface area contributed by atoms with Crippen LogP contribution < -0.4 is 9.47 Å². The first kappa shape index (κ1) is 22.0. The Hall–Kier alpha value is -3.77. The van der Waals surface area contributed by atoms with Crippen LogP contribution in [0.15, 0.2) is 83.8 Å². The Morgan fingerprint density at radius 3 is 2.29 bits per heavy atom. The monoisotopic (exact) mass is 469 g/mol. The number of ether oxygens (including phenoxy) is 2. The Bertz CT molecular complexity index is 1420. The fourth-order valence-electron chi connectivity index (χ4n) is 4.10. The molecule has 0 N–H and O–H groups in total. The van der Waals surface area contributed by atoms with Crippen LogP contribution in [0.5, 0.6) is 11.5 Å². The molecule has 0 aromatic heterocycles. The van der Waals surface area contributed by atoms with Gasteiger partial charge in [0.25, 0.3) is 11.1 Å². The summed E-state index contributed by atoms with van der Waals surface area (Å²) in [6.07, 6.45) is 1.77. The van der Waals surface area contributed by atoms with Crippen molar-refractivity contribution in [3.8, 4) is 11.5 Å². The predicted octanol–water partition coefficient (Wildman–Crippen LogP) is 6.51. The number of benzene rings is 4. The van der Waals surface area contributed by atoms with E-state index in [9.17, 15) is 9.59 Å². The molecule has 170 valence electrons. The predicted molar refractivity (Wildman–Crippen MR) is 137 cm³/mol. The number of carbonyl (C=O) groups excluding carboxylic acids is 2. The lowest BCUT2D eigenvalue weighted by Crippen LogP contribution is -2.32. The molecule has 0 atom stereocenters. The topological polar surface area (TPSA) is 55.8 Å². The summed E-state index contributed by atoms with van der Waals surface area (Å²) in [6, 6.07) is 25.6. The third kappa shape index (κ3) is 4.24. The lowest BCUT2D eigenvalue weighted by molar-refractivity contribution is -0.123. The molecule has 0 bridgehead atoms. The van der Waals surface area contributed by atoms with E-state index >= 15 is 0 Å². The van der Waals surface area contributed by atoms with E-state index in [1.165, 1.54) is 4.90 Å². The van der Waals surface area contributed by atoms with Crippen molar-refractivity contribution in [3.05, 3.63) is 89.3 Å². The van der Waals surface area contributed by atoms with Crippen LogP contribution in [0, 0.1) is 0 Å². The minimum Gasteiger partial charge on any atom is -0.493 e. The number of rotatable bonds is 7. The fourth-order valence-corrected chi connectivity index (χ4v) is 4.94. The average Bonchev–Trinajstić information content (AvgIpc) is 3.13. The molecule has 0 unspecified atom stereocenters. The highest BCUT2D eigenvalue weighted by Crippen LogP contribution is 2.37. The first-order chi connectivity index (χ1) is 16.7. The van der Waals surface area contributed by atoms with E-state index in [1.807, 2.05) is 85.8 Å². The van der Waals surface area contributed by atoms with Crippen molar-refractivity contribution in [1.29, 1.82) is 0 Å². The Kier molecular flexibility index (Phi) is 6.23. The van der Waals surface area contributed by atoms with E-state index in [0.29, 0.717) is 17.3 Å². The van der Waals surface area contributed by atoms with E-state index in [1.54, 1.807) is 6.08 Å². The van der Waals surface area contributed by atoms with E-state index < -0.39 is 0 Å². The van der Waals surface area contributed by atoms with Gasteiger partial charge in [-0.15, -0.1) is 0 Å². The van der Waals surface area contributed by atoms with E-state index in [2.05, 4.69) is 0 Å². The summed E-state index contributed by atoms with van der Waals surface area (Å²) in [5, 5.41) is 3.79. The van der Waals surface area contributed by atoms with Gasteiger partial charge in [0.1, 0.15) is 18.1 Å². The molecule has 1 heterocycles. The van der Waals surface area contributed by atoms with Gasteiger partial charge >= 0.3 is 0 Å². The van der Waals surface area contributed by atoms with Crippen molar-refractivity contribution in [2.45, 2.75) is 6.92 Å². The summed E-state index contributed by atoms with van der Waals surface area (Å²) in [5.41, 5.74) is 0.803. The highest BCUT2D eigenvalue weighted by molar-refractivity contribution is 8.18. The van der Waals surface area contributed by atoms with Crippen LogP contribution in [0.2, 0.25) is 0 Å². The molecular formula is C28H23NO4S. The lowest BCUT2D eigenvalue weighted by Gasteiger charge is -2.14. The van der Waals surface area contributed by atoms with E-state index in [0.717, 1.165) is 44.6 Å². The number of hydrogen-bond donors (Lipinski definition) is 0. The normalized spacial score (nSPS) is 15.0. The zero-order chi connectivity index (χ0) is 23.5. The molecule has 1 aliphatic rings. The Morgan fingerprint density at radius 2 is 1.50 bits per heavy atom. The minimum absolute atomic E-state index is 0.180. The van der Waals surface area contributed by atoms with Crippen molar-refractivity contribution >= 4 is 50.5 Å². The number of nitrogens with zero attached hydrogens (tertiary/aromatic N) is 1. The first-order valence-electron chi connectivity index (χ1n) is 11.2. The maximum absolute atomic E-state index is 13.1. The Labute approximate surface area is 202 Å². The molecule has 6 heteroatoms. The number of thioether (sulfide) groups is 1. The second-order valence-electron chi connectivity index (χ2n) is 7.79. The van der Waals surface area contributed by atoms with E-state index in [-0.39, 0.29) is 24.3 Å². The van der Waals surface area contributed by atoms with Crippen molar-refractivity contribution in [2.24, 2.45) is 0 Å². The van der Waals surface area contributed by atoms with Gasteiger partial charge in [-0.1, -0.05) is 66.7 Å². The summed E-state index contributed by atoms with van der Waals surface area (Å²) in [6.45, 7) is 2.83. The van der Waals surface area contributed by atoms with Crippen molar-refractivity contribution in [1.82, 2.24) is 4.90 Å². The molecule has 1 fully saturated rings. The second-order valence-corrected chi connectivity index (χ2v) is 8.78. The average molecular weight is 470 g/mol. The van der Waals surface area contributed by atoms with Crippen LogP contribution in [0.4, 0.5) is 4.79 Å². The molecule has 4 aromatic rings. The molecule has 0 radical (unpaired) electrons. The molecule has 4 aromatic carbocycles. The molecule has 0 aliphatic carbocycles. The number of hydrogen-bond acceptors (Lipinski definition) is 5. The quantitative estimate of drug-likeness (QED) is 0.289. The largest absolute Gasteiger partial charge is 0.493 e. The van der Waals surface area contributed by atoms with Gasteiger partial charge in [-0.25, -0.2) is 0 Å². The number of imide groups is 1. The lowest BCUT2D eigenvalue weighted by atomic mass is 10.0. The van der Waals surface area contributed by atoms with Crippen LogP contribution in [0.3, 0.4) is 0 Å². The summed E-state index contributed by atoms with van der Waals surface area (Å²) in [5.74, 6) is 1.11. The Morgan fingerprint density at radius 1 is 0.794 bits per heavy atom. The van der Waals surface area contributed by atoms with Crippen molar-refractivity contribution < 1.29 is 19.1 Å². The van der Waals surface area contributed by atoms with Crippen LogP contribution in [-0.4, -0.2) is 35.8 Å². The molecular weight excluding hydrogens is 446 g/mol. The molecule has 0 saturated carbocycles. The van der Waals surface area contributed by atoms with Crippen LogP contribution >= 0.6 is 11.8 Å². The van der Waals surface area contributed by atoms with Gasteiger partial charge in [0, 0.05) is 10.9 Å². The van der Waals surface area contributed by atoms with Gasteiger partial charge in [-0.05, 0) is 53.1 Å². The van der Waals surface area contributed by atoms with Gasteiger partial charge < -0.3 is 9.47 Å². The van der Waals surface area contributed by atoms with Crippen LogP contribution in [0.25, 0.3) is 27.6 Å². The maximum Gasteiger partial charge on any atom is 0.293 e. The summed E-state index contributed by atoms with van der Waals surface area (Å²) >= 11 is 0.948. The van der Waals surface area contributed by atoms with E-state index in [4.69, 9.17) is 9.47 Å². The highest BCUT2D eigenvalue weighted by Gasteiger charge is 2.35. The minimum atomic E-state index is -0.313. The van der Waals surface area contributed by atoms with Crippen molar-refractivity contribution in [3.63, 3.8) is 0 Å². The molecule has 1 saturated heterocycles. The van der Waals surface area contributed by atoms with Gasteiger partial charge in [-0.3, -0.25) is 14.5 Å². The molecule has 5 rings (SSSR count). The SMILES string of the molecule is CCOc1ccc2ccccc2c1/C=C1\SC(=O)N(CCOc2cccc3ccccc23)C1=O.